The standard InChI is InChI=1S/C20H24Cl2N2O3/c21-19-7-12-6-14(9-19)16(20(22,8-12)11-19)17(13-4-2-1-3-5-13)24-15(25)10-23-18(26)27/h1-5,12,14,16-17,23H,6-11H2,(H,24,25)(H,26,27)/t12-,14+,16-,17+,19+,20+/m1/s1. The zero-order chi connectivity index (χ0) is 19.2. The van der Waals surface area contributed by atoms with Gasteiger partial charge in [-0.1, -0.05) is 30.3 Å². The summed E-state index contributed by atoms with van der Waals surface area (Å²) < 4.78 is 0. The van der Waals surface area contributed by atoms with Gasteiger partial charge in [-0.2, -0.15) is 0 Å². The first kappa shape index (κ1) is 18.9. The van der Waals surface area contributed by atoms with Crippen LogP contribution in [0.25, 0.3) is 0 Å². The highest BCUT2D eigenvalue weighted by atomic mass is 35.5. The van der Waals surface area contributed by atoms with Gasteiger partial charge in [-0.25, -0.2) is 4.79 Å². The van der Waals surface area contributed by atoms with E-state index >= 15 is 0 Å². The largest absolute Gasteiger partial charge is 0.465 e. The van der Waals surface area contributed by atoms with Gasteiger partial charge >= 0.3 is 6.09 Å². The summed E-state index contributed by atoms with van der Waals surface area (Å²) in [7, 11) is 0. The second-order valence-electron chi connectivity index (χ2n) is 8.48. The zero-order valence-corrected chi connectivity index (χ0v) is 16.5. The molecule has 0 heterocycles. The lowest BCUT2D eigenvalue weighted by atomic mass is 9.49. The van der Waals surface area contributed by atoms with Gasteiger partial charge in [0, 0.05) is 10.8 Å². The van der Waals surface area contributed by atoms with Crippen molar-refractivity contribution in [2.24, 2.45) is 17.8 Å². The Bertz CT molecular complexity index is 746. The molecule has 6 atom stereocenters. The fourth-order valence-corrected chi connectivity index (χ4v) is 7.49. The molecule has 4 bridgehead atoms. The summed E-state index contributed by atoms with van der Waals surface area (Å²) in [6, 6.07) is 9.58. The Morgan fingerprint density at radius 2 is 1.93 bits per heavy atom. The van der Waals surface area contributed by atoms with Crippen LogP contribution in [0.2, 0.25) is 0 Å². The monoisotopic (exact) mass is 410 g/mol. The number of nitrogens with one attached hydrogen (secondary N) is 2. The lowest BCUT2D eigenvalue weighted by Crippen LogP contribution is -2.62. The van der Waals surface area contributed by atoms with Gasteiger partial charge in [-0.3, -0.25) is 4.79 Å². The van der Waals surface area contributed by atoms with Crippen LogP contribution in [0.1, 0.15) is 43.7 Å². The normalized spacial score (nSPS) is 37.6. The number of halogens is 2. The fraction of sp³-hybridized carbons (Fsp3) is 0.600. The van der Waals surface area contributed by atoms with E-state index in [1.807, 2.05) is 30.3 Å². The van der Waals surface area contributed by atoms with Gasteiger partial charge in [0.25, 0.3) is 0 Å². The minimum atomic E-state index is -1.21. The first-order valence-electron chi connectivity index (χ1n) is 9.47. The van der Waals surface area contributed by atoms with Crippen LogP contribution in [-0.2, 0) is 4.79 Å². The highest BCUT2D eigenvalue weighted by Crippen LogP contribution is 2.66. The Morgan fingerprint density at radius 1 is 1.19 bits per heavy atom. The third kappa shape index (κ3) is 3.64. The summed E-state index contributed by atoms with van der Waals surface area (Å²) in [6.07, 6.45) is 3.53. The molecule has 0 unspecified atom stereocenters. The van der Waals surface area contributed by atoms with Crippen molar-refractivity contribution < 1.29 is 14.7 Å². The van der Waals surface area contributed by atoms with Crippen molar-refractivity contribution in [3.05, 3.63) is 35.9 Å². The van der Waals surface area contributed by atoms with Crippen molar-refractivity contribution in [2.45, 2.75) is 47.9 Å². The van der Waals surface area contributed by atoms with E-state index in [4.69, 9.17) is 28.3 Å². The van der Waals surface area contributed by atoms with Crippen LogP contribution in [-0.4, -0.2) is 33.4 Å². The van der Waals surface area contributed by atoms with Gasteiger partial charge < -0.3 is 15.7 Å². The molecule has 146 valence electrons. The highest BCUT2D eigenvalue weighted by Gasteiger charge is 2.63. The quantitative estimate of drug-likeness (QED) is 0.643. The first-order chi connectivity index (χ1) is 12.8. The molecule has 7 heteroatoms. The second-order valence-corrected chi connectivity index (χ2v) is 10.0. The summed E-state index contributed by atoms with van der Waals surface area (Å²) >= 11 is 14.1. The molecule has 0 saturated heterocycles. The topological polar surface area (TPSA) is 78.4 Å². The fourth-order valence-electron chi connectivity index (χ4n) is 5.99. The maximum absolute atomic E-state index is 12.4. The third-order valence-electron chi connectivity index (χ3n) is 6.50. The molecule has 0 radical (unpaired) electrons. The average Bonchev–Trinajstić information content (AvgIpc) is 2.57. The smallest absolute Gasteiger partial charge is 0.405 e. The molecule has 1 aromatic rings. The molecule has 5 nitrogen and oxygen atoms in total. The zero-order valence-electron chi connectivity index (χ0n) is 15.0. The molecule has 4 fully saturated rings. The summed E-state index contributed by atoms with van der Waals surface area (Å²) in [5, 5.41) is 14.0. The third-order valence-corrected chi connectivity index (χ3v) is 7.48. The molecule has 0 aliphatic heterocycles. The number of rotatable bonds is 5. The summed E-state index contributed by atoms with van der Waals surface area (Å²) in [6.45, 7) is -0.270. The molecule has 3 N–H and O–H groups in total. The molecule has 27 heavy (non-hydrogen) atoms. The van der Waals surface area contributed by atoms with E-state index in [0.717, 1.165) is 37.7 Å². The minimum absolute atomic E-state index is 0.0822. The van der Waals surface area contributed by atoms with Crippen LogP contribution in [0.4, 0.5) is 4.79 Å². The maximum atomic E-state index is 12.4. The van der Waals surface area contributed by atoms with Gasteiger partial charge in [0.2, 0.25) is 5.91 Å². The van der Waals surface area contributed by atoms with Crippen LogP contribution >= 0.6 is 23.2 Å². The first-order valence-corrected chi connectivity index (χ1v) is 10.2. The number of amides is 2. The van der Waals surface area contributed by atoms with E-state index in [1.54, 1.807) is 0 Å². The Morgan fingerprint density at radius 3 is 2.56 bits per heavy atom. The summed E-state index contributed by atoms with van der Waals surface area (Å²) in [4.78, 5) is 22.5. The van der Waals surface area contributed by atoms with Crippen molar-refractivity contribution in [1.82, 2.24) is 10.6 Å². The molecular formula is C20H24Cl2N2O3. The predicted molar refractivity (Wildman–Crippen MR) is 104 cm³/mol. The Kier molecular flexibility index (Phi) is 4.79. The average molecular weight is 411 g/mol. The highest BCUT2D eigenvalue weighted by molar-refractivity contribution is 6.28. The van der Waals surface area contributed by atoms with Gasteiger partial charge in [-0.05, 0) is 49.5 Å². The van der Waals surface area contributed by atoms with Crippen LogP contribution < -0.4 is 10.6 Å². The minimum Gasteiger partial charge on any atom is -0.465 e. The van der Waals surface area contributed by atoms with Gasteiger partial charge in [0.1, 0.15) is 6.54 Å². The van der Waals surface area contributed by atoms with Crippen molar-refractivity contribution in [3.63, 3.8) is 0 Å². The maximum Gasteiger partial charge on any atom is 0.405 e. The van der Waals surface area contributed by atoms with Crippen LogP contribution in [0.3, 0.4) is 0 Å². The van der Waals surface area contributed by atoms with Crippen LogP contribution in [0.5, 0.6) is 0 Å². The van der Waals surface area contributed by atoms with Gasteiger partial charge in [0.15, 0.2) is 0 Å². The lowest BCUT2D eigenvalue weighted by molar-refractivity contribution is -0.122. The Labute approximate surface area is 168 Å². The molecular weight excluding hydrogens is 387 g/mol. The molecule has 5 rings (SSSR count). The number of carboxylic acid groups (broad SMARTS) is 1. The second kappa shape index (κ2) is 6.85. The molecule has 4 saturated carbocycles. The summed E-state index contributed by atoms with van der Waals surface area (Å²) in [5.41, 5.74) is 1.00. The molecule has 1 aromatic carbocycles. The van der Waals surface area contributed by atoms with Gasteiger partial charge in [0.05, 0.1) is 10.9 Å². The number of carbonyl (C=O) groups excluding carboxylic acids is 1. The summed E-state index contributed by atoms with van der Waals surface area (Å²) in [5.74, 6) is 0.656. The molecule has 4 aliphatic rings. The number of hydrogen-bond donors (Lipinski definition) is 3. The SMILES string of the molecule is O=C(O)NCC(=O)N[C@@H](c1ccccc1)[C@H]1[C@H]2C[C@@H]3C[C@](Cl)(C2)C[C@@]1(Cl)C3. The van der Waals surface area contributed by atoms with Crippen molar-refractivity contribution in [1.29, 1.82) is 0 Å². The number of hydrogen-bond acceptors (Lipinski definition) is 2. The van der Waals surface area contributed by atoms with E-state index in [0.29, 0.717) is 11.8 Å². The van der Waals surface area contributed by atoms with E-state index in [9.17, 15) is 9.59 Å². The van der Waals surface area contributed by atoms with Crippen molar-refractivity contribution in [3.8, 4) is 0 Å². The van der Waals surface area contributed by atoms with Crippen LogP contribution in [0, 0.1) is 17.8 Å². The molecule has 2 amide bonds. The predicted octanol–water partition coefficient (Wildman–Crippen LogP) is 3.91. The number of alkyl halides is 2. The van der Waals surface area contributed by atoms with E-state index in [1.165, 1.54) is 0 Å². The molecule has 4 aliphatic carbocycles. The number of carbonyl (C=O) groups is 2. The van der Waals surface area contributed by atoms with Gasteiger partial charge in [-0.15, -0.1) is 23.2 Å². The van der Waals surface area contributed by atoms with Crippen molar-refractivity contribution in [2.75, 3.05) is 6.54 Å². The van der Waals surface area contributed by atoms with Crippen molar-refractivity contribution >= 4 is 35.2 Å². The van der Waals surface area contributed by atoms with E-state index < -0.39 is 11.0 Å². The molecule has 0 spiro atoms. The van der Waals surface area contributed by atoms with E-state index in [2.05, 4.69) is 10.6 Å². The van der Waals surface area contributed by atoms with E-state index in [-0.39, 0.29) is 29.3 Å². The Balaban J connectivity index is 1.63. The molecule has 0 aromatic heterocycles. The lowest BCUT2D eigenvalue weighted by Gasteiger charge is -2.63. The van der Waals surface area contributed by atoms with Crippen LogP contribution in [0.15, 0.2) is 30.3 Å². The number of benzene rings is 1. The Hall–Kier alpha value is -1.46.